The average molecular weight is 484 g/mol. The summed E-state index contributed by atoms with van der Waals surface area (Å²) in [6.07, 6.45) is -1.64. The molecular weight excluding hydrogens is 466 g/mol. The van der Waals surface area contributed by atoms with Gasteiger partial charge in [-0.2, -0.15) is 23.1 Å². The SMILES string of the molecule is COc1nc(N2CC3CCC(C2)N3)c2cnc(-c3cc(O)cc(Cl)c3C(F)(F)F)c(F)c2n1. The van der Waals surface area contributed by atoms with Crippen LogP contribution in [0.3, 0.4) is 0 Å². The van der Waals surface area contributed by atoms with Crippen LogP contribution in [-0.4, -0.2) is 52.3 Å². The Morgan fingerprint density at radius 2 is 1.88 bits per heavy atom. The van der Waals surface area contributed by atoms with E-state index in [2.05, 4.69) is 20.3 Å². The monoisotopic (exact) mass is 483 g/mol. The smallest absolute Gasteiger partial charge is 0.418 e. The molecule has 4 heterocycles. The summed E-state index contributed by atoms with van der Waals surface area (Å²) in [5, 5.41) is 12.8. The highest BCUT2D eigenvalue weighted by Gasteiger charge is 2.38. The van der Waals surface area contributed by atoms with E-state index in [9.17, 15) is 18.3 Å². The van der Waals surface area contributed by atoms with Crippen LogP contribution in [0.1, 0.15) is 18.4 Å². The Morgan fingerprint density at radius 3 is 2.52 bits per heavy atom. The number of piperazine rings is 1. The van der Waals surface area contributed by atoms with Crippen molar-refractivity contribution >= 4 is 28.3 Å². The number of aromatic hydroxyl groups is 1. The number of hydrogen-bond acceptors (Lipinski definition) is 7. The van der Waals surface area contributed by atoms with Crippen molar-refractivity contribution in [3.05, 3.63) is 34.7 Å². The molecule has 5 rings (SSSR count). The van der Waals surface area contributed by atoms with Crippen molar-refractivity contribution < 1.29 is 27.4 Å². The number of benzene rings is 1. The summed E-state index contributed by atoms with van der Waals surface area (Å²) in [5.41, 5.74) is -2.86. The zero-order valence-corrected chi connectivity index (χ0v) is 18.0. The molecule has 7 nitrogen and oxygen atoms in total. The fourth-order valence-corrected chi connectivity index (χ4v) is 4.90. The number of anilines is 1. The fourth-order valence-electron chi connectivity index (χ4n) is 4.58. The first-order valence-electron chi connectivity index (χ1n) is 10.2. The molecule has 12 heteroatoms. The zero-order chi connectivity index (χ0) is 23.5. The molecule has 2 saturated heterocycles. The first-order chi connectivity index (χ1) is 15.7. The molecule has 2 aliphatic rings. The van der Waals surface area contributed by atoms with Gasteiger partial charge in [0.2, 0.25) is 0 Å². The number of halogens is 5. The Hall–Kier alpha value is -2.92. The first-order valence-corrected chi connectivity index (χ1v) is 10.5. The van der Waals surface area contributed by atoms with Crippen molar-refractivity contribution in [1.82, 2.24) is 20.3 Å². The van der Waals surface area contributed by atoms with Gasteiger partial charge < -0.3 is 20.1 Å². The van der Waals surface area contributed by atoms with Gasteiger partial charge in [-0.25, -0.2) is 4.39 Å². The molecule has 0 radical (unpaired) electrons. The molecule has 2 bridgehead atoms. The predicted molar refractivity (Wildman–Crippen MR) is 113 cm³/mol. The average Bonchev–Trinajstić information content (AvgIpc) is 3.09. The van der Waals surface area contributed by atoms with Gasteiger partial charge in [0.1, 0.15) is 22.8 Å². The molecule has 2 N–H and O–H groups in total. The fraction of sp³-hybridized carbons (Fsp3) is 0.381. The van der Waals surface area contributed by atoms with Crippen LogP contribution >= 0.6 is 11.6 Å². The third-order valence-electron chi connectivity index (χ3n) is 5.96. The molecule has 0 saturated carbocycles. The zero-order valence-electron chi connectivity index (χ0n) is 17.2. The normalized spacial score (nSPS) is 20.5. The minimum atomic E-state index is -4.90. The lowest BCUT2D eigenvalue weighted by atomic mass is 10.0. The van der Waals surface area contributed by atoms with Gasteiger partial charge in [-0.1, -0.05) is 11.6 Å². The minimum Gasteiger partial charge on any atom is -0.508 e. The van der Waals surface area contributed by atoms with E-state index in [1.54, 1.807) is 0 Å². The van der Waals surface area contributed by atoms with Gasteiger partial charge >= 0.3 is 12.2 Å². The number of ether oxygens (including phenoxy) is 1. The van der Waals surface area contributed by atoms with E-state index in [1.165, 1.54) is 13.3 Å². The standard InChI is InChI=1S/C21H18ClF4N5O2/c1-33-20-29-18-13(19(30-20)31-7-9-2-3-10(8-31)28-9)6-27-17(16(18)23)12-4-11(32)5-14(22)15(12)21(24,25)26/h4-6,9-10,28,32H,2-3,7-8H2,1H3. The summed E-state index contributed by atoms with van der Waals surface area (Å²) in [5.74, 6) is -1.25. The number of methoxy groups -OCH3 is 1. The first kappa shape index (κ1) is 21.9. The van der Waals surface area contributed by atoms with Crippen molar-refractivity contribution in [2.75, 3.05) is 25.1 Å². The molecule has 0 spiro atoms. The quantitative estimate of drug-likeness (QED) is 0.541. The van der Waals surface area contributed by atoms with E-state index in [0.29, 0.717) is 18.9 Å². The predicted octanol–water partition coefficient (Wildman–Crippen LogP) is 4.16. The van der Waals surface area contributed by atoms with E-state index in [4.69, 9.17) is 16.3 Å². The van der Waals surface area contributed by atoms with Crippen molar-refractivity contribution in [1.29, 1.82) is 0 Å². The molecule has 1 aromatic carbocycles. The summed E-state index contributed by atoms with van der Waals surface area (Å²) in [4.78, 5) is 14.4. The Morgan fingerprint density at radius 1 is 1.18 bits per heavy atom. The van der Waals surface area contributed by atoms with Crippen LogP contribution in [0, 0.1) is 5.82 Å². The molecule has 2 atom stereocenters. The Labute approximate surface area is 190 Å². The van der Waals surface area contributed by atoms with Gasteiger partial charge in [0.05, 0.1) is 23.1 Å². The topological polar surface area (TPSA) is 83.4 Å². The second kappa shape index (κ2) is 7.84. The van der Waals surface area contributed by atoms with Crippen molar-refractivity contribution in [2.45, 2.75) is 31.1 Å². The second-order valence-corrected chi connectivity index (χ2v) is 8.51. The van der Waals surface area contributed by atoms with Crippen molar-refractivity contribution in [2.24, 2.45) is 0 Å². The largest absolute Gasteiger partial charge is 0.508 e. The molecule has 2 fully saturated rings. The van der Waals surface area contributed by atoms with Gasteiger partial charge in [-0.3, -0.25) is 4.98 Å². The maximum absolute atomic E-state index is 15.7. The lowest BCUT2D eigenvalue weighted by Gasteiger charge is -2.34. The summed E-state index contributed by atoms with van der Waals surface area (Å²) >= 11 is 5.76. The minimum absolute atomic E-state index is 0.121. The number of pyridine rings is 1. The third-order valence-corrected chi connectivity index (χ3v) is 6.25. The van der Waals surface area contributed by atoms with Gasteiger partial charge in [0.15, 0.2) is 5.82 Å². The van der Waals surface area contributed by atoms with E-state index < -0.39 is 39.6 Å². The van der Waals surface area contributed by atoms with Crippen LogP contribution in [-0.2, 0) is 6.18 Å². The van der Waals surface area contributed by atoms with Crippen molar-refractivity contribution in [3.8, 4) is 23.0 Å². The van der Waals surface area contributed by atoms with Crippen LogP contribution in [0.2, 0.25) is 5.02 Å². The highest BCUT2D eigenvalue weighted by Crippen LogP contribution is 2.44. The third kappa shape index (κ3) is 3.78. The van der Waals surface area contributed by atoms with Crippen LogP contribution < -0.4 is 15.0 Å². The molecule has 3 aromatic rings. The summed E-state index contributed by atoms with van der Waals surface area (Å²) in [6.45, 7) is 1.27. The maximum Gasteiger partial charge on any atom is 0.418 e. The van der Waals surface area contributed by atoms with Crippen molar-refractivity contribution in [3.63, 3.8) is 0 Å². The van der Waals surface area contributed by atoms with Crippen LogP contribution in [0.25, 0.3) is 22.2 Å². The molecule has 0 amide bonds. The van der Waals surface area contributed by atoms with Gasteiger partial charge in [-0.05, 0) is 25.0 Å². The number of hydrogen-bond donors (Lipinski definition) is 2. The Balaban J connectivity index is 1.71. The molecule has 0 aliphatic carbocycles. The molecule has 2 aromatic heterocycles. The number of nitrogens with one attached hydrogen (secondary N) is 1. The number of phenols is 1. The number of phenolic OH excluding ortho intramolecular Hbond substituents is 1. The number of nitrogens with zero attached hydrogens (tertiary/aromatic N) is 4. The van der Waals surface area contributed by atoms with E-state index >= 15 is 4.39 Å². The van der Waals surface area contributed by atoms with Gasteiger partial charge in [-0.15, -0.1) is 0 Å². The lowest BCUT2D eigenvalue weighted by molar-refractivity contribution is -0.137. The number of rotatable bonds is 3. The lowest BCUT2D eigenvalue weighted by Crippen LogP contribution is -2.51. The van der Waals surface area contributed by atoms with E-state index in [-0.39, 0.29) is 29.0 Å². The van der Waals surface area contributed by atoms with Crippen LogP contribution in [0.15, 0.2) is 18.3 Å². The number of aromatic nitrogens is 3. The Bertz CT molecular complexity index is 1240. The number of fused-ring (bicyclic) bond motifs is 3. The molecule has 174 valence electrons. The van der Waals surface area contributed by atoms with Crippen LogP contribution in [0.5, 0.6) is 11.8 Å². The molecule has 33 heavy (non-hydrogen) atoms. The molecular formula is C21H18ClF4N5O2. The van der Waals surface area contributed by atoms with Gasteiger partial charge in [0, 0.05) is 36.9 Å². The summed E-state index contributed by atoms with van der Waals surface area (Å²) < 4.78 is 61.9. The van der Waals surface area contributed by atoms with E-state index in [0.717, 1.165) is 25.0 Å². The Kier molecular flexibility index (Phi) is 5.20. The number of alkyl halides is 3. The molecule has 2 unspecified atom stereocenters. The summed E-state index contributed by atoms with van der Waals surface area (Å²) in [6, 6.07) is 1.93. The maximum atomic E-state index is 15.7. The van der Waals surface area contributed by atoms with Crippen LogP contribution in [0.4, 0.5) is 23.4 Å². The highest BCUT2D eigenvalue weighted by atomic mass is 35.5. The second-order valence-electron chi connectivity index (χ2n) is 8.11. The summed E-state index contributed by atoms with van der Waals surface area (Å²) in [7, 11) is 1.32. The van der Waals surface area contributed by atoms with E-state index in [1.807, 2.05) is 4.90 Å². The highest BCUT2D eigenvalue weighted by molar-refractivity contribution is 6.32. The molecule has 2 aliphatic heterocycles. The van der Waals surface area contributed by atoms with Gasteiger partial charge in [0.25, 0.3) is 0 Å².